The molecule has 0 unspecified atom stereocenters. The molecule has 0 aromatic heterocycles. The smallest absolute Gasteiger partial charge is 0.258 e. The molecule has 4 nitrogen and oxygen atoms in total. The Bertz CT molecular complexity index is 452. The molecule has 1 rings (SSSR count). The molecule has 0 fully saturated rings. The Morgan fingerprint density at radius 2 is 2.11 bits per heavy atom. The SMILES string of the molecule is CC(C)(C)NC(=O)COc1ccc(Cl)cc1C=O. The Morgan fingerprint density at radius 1 is 1.44 bits per heavy atom. The largest absolute Gasteiger partial charge is 0.483 e. The van der Waals surface area contributed by atoms with Crippen molar-refractivity contribution in [2.75, 3.05) is 6.61 Å². The van der Waals surface area contributed by atoms with Gasteiger partial charge in [0, 0.05) is 10.6 Å². The molecule has 0 heterocycles. The predicted molar refractivity (Wildman–Crippen MR) is 70.2 cm³/mol. The van der Waals surface area contributed by atoms with Crippen LogP contribution in [-0.4, -0.2) is 24.3 Å². The quantitative estimate of drug-likeness (QED) is 0.854. The van der Waals surface area contributed by atoms with Gasteiger partial charge in [-0.25, -0.2) is 0 Å². The van der Waals surface area contributed by atoms with Gasteiger partial charge in [0.1, 0.15) is 5.75 Å². The first kappa shape index (κ1) is 14.5. The van der Waals surface area contributed by atoms with Crippen LogP contribution in [0.3, 0.4) is 0 Å². The summed E-state index contributed by atoms with van der Waals surface area (Å²) in [5.74, 6) is 0.104. The molecule has 1 aromatic rings. The van der Waals surface area contributed by atoms with Crippen molar-refractivity contribution in [3.8, 4) is 5.75 Å². The van der Waals surface area contributed by atoms with Crippen molar-refractivity contribution in [1.82, 2.24) is 5.32 Å². The fourth-order valence-electron chi connectivity index (χ4n) is 1.34. The van der Waals surface area contributed by atoms with E-state index in [0.717, 1.165) is 0 Å². The highest BCUT2D eigenvalue weighted by atomic mass is 35.5. The van der Waals surface area contributed by atoms with Gasteiger partial charge in [-0.15, -0.1) is 0 Å². The minimum Gasteiger partial charge on any atom is -0.483 e. The van der Waals surface area contributed by atoms with Gasteiger partial charge >= 0.3 is 0 Å². The molecule has 0 aliphatic rings. The molecule has 0 aliphatic heterocycles. The third-order valence-corrected chi connectivity index (χ3v) is 2.21. The molecule has 1 amide bonds. The maximum atomic E-state index is 11.5. The number of nitrogens with one attached hydrogen (secondary N) is 1. The molecule has 1 aromatic carbocycles. The molecule has 5 heteroatoms. The van der Waals surface area contributed by atoms with E-state index < -0.39 is 0 Å². The van der Waals surface area contributed by atoms with Crippen molar-refractivity contribution < 1.29 is 14.3 Å². The van der Waals surface area contributed by atoms with Crippen molar-refractivity contribution in [3.05, 3.63) is 28.8 Å². The van der Waals surface area contributed by atoms with E-state index in [0.29, 0.717) is 22.6 Å². The van der Waals surface area contributed by atoms with E-state index in [1.807, 2.05) is 20.8 Å². The first-order valence-electron chi connectivity index (χ1n) is 5.50. The average Bonchev–Trinajstić information content (AvgIpc) is 2.24. The van der Waals surface area contributed by atoms with Crippen LogP contribution >= 0.6 is 11.6 Å². The van der Waals surface area contributed by atoms with E-state index in [4.69, 9.17) is 16.3 Å². The number of ether oxygens (including phenoxy) is 1. The van der Waals surface area contributed by atoms with Gasteiger partial charge in [-0.05, 0) is 39.0 Å². The van der Waals surface area contributed by atoms with Gasteiger partial charge < -0.3 is 10.1 Å². The third-order valence-electron chi connectivity index (χ3n) is 1.97. The van der Waals surface area contributed by atoms with Crippen molar-refractivity contribution in [1.29, 1.82) is 0 Å². The minimum absolute atomic E-state index is 0.139. The number of halogens is 1. The Kier molecular flexibility index (Phi) is 4.73. The van der Waals surface area contributed by atoms with E-state index >= 15 is 0 Å². The summed E-state index contributed by atoms with van der Waals surface area (Å²) in [6, 6.07) is 4.66. The van der Waals surface area contributed by atoms with Gasteiger partial charge in [-0.3, -0.25) is 9.59 Å². The predicted octanol–water partition coefficient (Wildman–Crippen LogP) is 2.45. The number of carbonyl (C=O) groups is 2. The topological polar surface area (TPSA) is 55.4 Å². The van der Waals surface area contributed by atoms with Crippen molar-refractivity contribution >= 4 is 23.8 Å². The summed E-state index contributed by atoms with van der Waals surface area (Å²) in [6.45, 7) is 5.50. The van der Waals surface area contributed by atoms with Crippen molar-refractivity contribution in [2.45, 2.75) is 26.3 Å². The Morgan fingerprint density at radius 3 is 2.67 bits per heavy atom. The summed E-state index contributed by atoms with van der Waals surface area (Å²) in [7, 11) is 0. The Balaban J connectivity index is 2.64. The lowest BCUT2D eigenvalue weighted by atomic mass is 10.1. The molecule has 0 saturated heterocycles. The van der Waals surface area contributed by atoms with E-state index in [9.17, 15) is 9.59 Å². The first-order chi connectivity index (χ1) is 8.31. The van der Waals surface area contributed by atoms with Crippen LogP contribution in [0.2, 0.25) is 5.02 Å². The summed E-state index contributed by atoms with van der Waals surface area (Å²) in [5.41, 5.74) is 0.0135. The molecule has 0 atom stereocenters. The minimum atomic E-state index is -0.312. The molecular formula is C13H16ClNO3. The summed E-state index contributed by atoms with van der Waals surface area (Å²) < 4.78 is 5.29. The zero-order valence-corrected chi connectivity index (χ0v) is 11.4. The van der Waals surface area contributed by atoms with Crippen LogP contribution < -0.4 is 10.1 Å². The Labute approximate surface area is 111 Å². The molecule has 0 spiro atoms. The molecule has 98 valence electrons. The summed E-state index contributed by atoms with van der Waals surface area (Å²) in [5, 5.41) is 3.21. The van der Waals surface area contributed by atoms with Gasteiger partial charge in [-0.1, -0.05) is 11.6 Å². The molecule has 0 saturated carbocycles. The fourth-order valence-corrected chi connectivity index (χ4v) is 1.52. The summed E-state index contributed by atoms with van der Waals surface area (Å²) >= 11 is 5.75. The second-order valence-corrected chi connectivity index (χ2v) is 5.32. The molecule has 0 bridgehead atoms. The number of amides is 1. The highest BCUT2D eigenvalue weighted by molar-refractivity contribution is 6.30. The standard InChI is InChI=1S/C13H16ClNO3/c1-13(2,3)15-12(17)8-18-11-5-4-10(14)6-9(11)7-16/h4-7H,8H2,1-3H3,(H,15,17). The van der Waals surface area contributed by atoms with Crippen LogP contribution in [0.15, 0.2) is 18.2 Å². The Hall–Kier alpha value is -1.55. The van der Waals surface area contributed by atoms with Gasteiger partial charge in [0.15, 0.2) is 12.9 Å². The van der Waals surface area contributed by atoms with Crippen molar-refractivity contribution in [3.63, 3.8) is 0 Å². The van der Waals surface area contributed by atoms with Crippen LogP contribution in [0.1, 0.15) is 31.1 Å². The van der Waals surface area contributed by atoms with Crippen LogP contribution in [0.4, 0.5) is 0 Å². The second-order valence-electron chi connectivity index (χ2n) is 4.89. The zero-order chi connectivity index (χ0) is 13.8. The maximum Gasteiger partial charge on any atom is 0.258 e. The highest BCUT2D eigenvalue weighted by Gasteiger charge is 2.14. The maximum absolute atomic E-state index is 11.5. The first-order valence-corrected chi connectivity index (χ1v) is 5.88. The van der Waals surface area contributed by atoms with Crippen LogP contribution in [0.25, 0.3) is 0 Å². The number of rotatable bonds is 4. The highest BCUT2D eigenvalue weighted by Crippen LogP contribution is 2.21. The third kappa shape index (κ3) is 4.75. The number of carbonyl (C=O) groups excluding carboxylic acids is 2. The lowest BCUT2D eigenvalue weighted by Gasteiger charge is -2.20. The molecule has 0 aliphatic carbocycles. The average molecular weight is 270 g/mol. The lowest BCUT2D eigenvalue weighted by molar-refractivity contribution is -0.124. The molecular weight excluding hydrogens is 254 g/mol. The van der Waals surface area contributed by atoms with Gasteiger partial charge in [-0.2, -0.15) is 0 Å². The van der Waals surface area contributed by atoms with Gasteiger partial charge in [0.2, 0.25) is 0 Å². The molecule has 0 radical (unpaired) electrons. The fraction of sp³-hybridized carbons (Fsp3) is 0.385. The second kappa shape index (κ2) is 5.87. The summed E-state index contributed by atoms with van der Waals surface area (Å²) in [4.78, 5) is 22.4. The monoisotopic (exact) mass is 269 g/mol. The number of aldehydes is 1. The van der Waals surface area contributed by atoms with Gasteiger partial charge in [0.05, 0.1) is 5.56 Å². The summed E-state index contributed by atoms with van der Waals surface area (Å²) in [6.07, 6.45) is 0.642. The number of hydrogen-bond acceptors (Lipinski definition) is 3. The van der Waals surface area contributed by atoms with E-state index in [1.165, 1.54) is 6.07 Å². The number of hydrogen-bond donors (Lipinski definition) is 1. The van der Waals surface area contributed by atoms with Crippen LogP contribution in [-0.2, 0) is 4.79 Å². The van der Waals surface area contributed by atoms with Crippen LogP contribution in [0.5, 0.6) is 5.75 Å². The van der Waals surface area contributed by atoms with Crippen molar-refractivity contribution in [2.24, 2.45) is 0 Å². The molecule has 18 heavy (non-hydrogen) atoms. The molecule has 1 N–H and O–H groups in total. The zero-order valence-electron chi connectivity index (χ0n) is 10.6. The van der Waals surface area contributed by atoms with E-state index in [-0.39, 0.29) is 18.1 Å². The lowest BCUT2D eigenvalue weighted by Crippen LogP contribution is -2.43. The van der Waals surface area contributed by atoms with E-state index in [1.54, 1.807) is 12.1 Å². The van der Waals surface area contributed by atoms with Crippen LogP contribution in [0, 0.1) is 0 Å². The normalized spacial score (nSPS) is 10.9. The van der Waals surface area contributed by atoms with E-state index in [2.05, 4.69) is 5.32 Å². The number of benzene rings is 1. The van der Waals surface area contributed by atoms with Gasteiger partial charge in [0.25, 0.3) is 5.91 Å².